The summed E-state index contributed by atoms with van der Waals surface area (Å²) < 4.78 is 0. The van der Waals surface area contributed by atoms with E-state index in [1.165, 1.54) is 21.9 Å². The van der Waals surface area contributed by atoms with E-state index in [4.69, 9.17) is 0 Å². The molecule has 0 spiro atoms. The number of hydrogen-bond acceptors (Lipinski definition) is 2. The molecule has 2 heteroatoms. The Morgan fingerprint density at radius 2 is 0.808 bits per heavy atom. The van der Waals surface area contributed by atoms with Gasteiger partial charge in [0, 0.05) is 35.2 Å². The zero-order valence-corrected chi connectivity index (χ0v) is 14.7. The molecule has 0 unspecified atom stereocenters. The van der Waals surface area contributed by atoms with Gasteiger partial charge in [-0.1, -0.05) is 84.9 Å². The Labute approximate surface area is 154 Å². The summed E-state index contributed by atoms with van der Waals surface area (Å²) in [5.41, 5.74) is 4.88. The third kappa shape index (κ3) is 3.70. The SMILES string of the molecule is c1ccc(CNc2ccc(NCc3ccccc3)c3ccccc23)cc1. The van der Waals surface area contributed by atoms with Crippen LogP contribution in [0.1, 0.15) is 11.1 Å². The second kappa shape index (κ2) is 7.75. The summed E-state index contributed by atoms with van der Waals surface area (Å²) >= 11 is 0. The minimum Gasteiger partial charge on any atom is -0.380 e. The lowest BCUT2D eigenvalue weighted by Gasteiger charge is -2.15. The van der Waals surface area contributed by atoms with Crippen LogP contribution in [-0.4, -0.2) is 0 Å². The number of hydrogen-bond donors (Lipinski definition) is 2. The minimum absolute atomic E-state index is 0.821. The lowest BCUT2D eigenvalue weighted by Crippen LogP contribution is -2.02. The monoisotopic (exact) mass is 338 g/mol. The predicted octanol–water partition coefficient (Wildman–Crippen LogP) is 6.06. The minimum atomic E-state index is 0.821. The molecule has 26 heavy (non-hydrogen) atoms. The quantitative estimate of drug-likeness (QED) is 0.446. The first-order valence-electron chi connectivity index (χ1n) is 8.97. The average molecular weight is 338 g/mol. The maximum atomic E-state index is 3.58. The highest BCUT2D eigenvalue weighted by Gasteiger charge is 2.06. The maximum Gasteiger partial charge on any atom is 0.0424 e. The first-order valence-corrected chi connectivity index (χ1v) is 8.97. The second-order valence-electron chi connectivity index (χ2n) is 6.38. The fraction of sp³-hybridized carbons (Fsp3) is 0.0833. The van der Waals surface area contributed by atoms with Gasteiger partial charge in [0.15, 0.2) is 0 Å². The van der Waals surface area contributed by atoms with E-state index >= 15 is 0 Å². The van der Waals surface area contributed by atoms with Crippen LogP contribution >= 0.6 is 0 Å². The number of fused-ring (bicyclic) bond motifs is 1. The molecule has 0 atom stereocenters. The molecule has 4 rings (SSSR count). The summed E-state index contributed by atoms with van der Waals surface area (Å²) in [5.74, 6) is 0. The number of anilines is 2. The highest BCUT2D eigenvalue weighted by molar-refractivity contribution is 6.01. The van der Waals surface area contributed by atoms with Crippen LogP contribution in [0.2, 0.25) is 0 Å². The Bertz CT molecular complexity index is 897. The average Bonchev–Trinajstić information content (AvgIpc) is 2.72. The Balaban J connectivity index is 1.57. The third-order valence-electron chi connectivity index (χ3n) is 4.58. The maximum absolute atomic E-state index is 3.58. The van der Waals surface area contributed by atoms with Gasteiger partial charge in [0.2, 0.25) is 0 Å². The first kappa shape index (κ1) is 16.2. The topological polar surface area (TPSA) is 24.1 Å². The van der Waals surface area contributed by atoms with Crippen molar-refractivity contribution in [3.8, 4) is 0 Å². The van der Waals surface area contributed by atoms with Crippen LogP contribution in [0, 0.1) is 0 Å². The standard InChI is InChI=1S/C24H22N2/c1-3-9-19(10-4-1)17-25-23-15-16-24(22-14-8-7-13-21(22)23)26-18-20-11-5-2-6-12-20/h1-16,25-26H,17-18H2. The number of nitrogens with one attached hydrogen (secondary N) is 2. The Kier molecular flexibility index (Phi) is 4.83. The van der Waals surface area contributed by atoms with E-state index in [-0.39, 0.29) is 0 Å². The van der Waals surface area contributed by atoms with Crippen molar-refractivity contribution in [1.29, 1.82) is 0 Å². The van der Waals surface area contributed by atoms with Crippen LogP contribution in [0.3, 0.4) is 0 Å². The van der Waals surface area contributed by atoms with Crippen LogP contribution in [0.25, 0.3) is 10.8 Å². The van der Waals surface area contributed by atoms with Crippen LogP contribution in [0.15, 0.2) is 97.1 Å². The van der Waals surface area contributed by atoms with Crippen molar-refractivity contribution in [2.75, 3.05) is 10.6 Å². The molecule has 0 heterocycles. The molecule has 0 aliphatic rings. The first-order chi connectivity index (χ1) is 12.9. The van der Waals surface area contributed by atoms with E-state index in [0.717, 1.165) is 24.5 Å². The van der Waals surface area contributed by atoms with E-state index in [9.17, 15) is 0 Å². The molecule has 0 amide bonds. The van der Waals surface area contributed by atoms with Crippen LogP contribution < -0.4 is 10.6 Å². The molecule has 0 aromatic heterocycles. The summed E-state index contributed by atoms with van der Waals surface area (Å²) in [7, 11) is 0. The molecule has 4 aromatic carbocycles. The molecular weight excluding hydrogens is 316 g/mol. The van der Waals surface area contributed by atoms with Crippen molar-refractivity contribution in [3.05, 3.63) is 108 Å². The summed E-state index contributed by atoms with van der Waals surface area (Å²) in [5, 5.41) is 9.63. The highest BCUT2D eigenvalue weighted by atomic mass is 14.9. The largest absolute Gasteiger partial charge is 0.380 e. The zero-order valence-electron chi connectivity index (χ0n) is 14.7. The Morgan fingerprint density at radius 1 is 0.423 bits per heavy atom. The third-order valence-corrected chi connectivity index (χ3v) is 4.58. The Morgan fingerprint density at radius 3 is 1.23 bits per heavy atom. The Hall–Kier alpha value is -3.26. The van der Waals surface area contributed by atoms with Gasteiger partial charge in [0.25, 0.3) is 0 Å². The van der Waals surface area contributed by atoms with Crippen LogP contribution in [0.4, 0.5) is 11.4 Å². The van der Waals surface area contributed by atoms with E-state index in [1.54, 1.807) is 0 Å². The smallest absolute Gasteiger partial charge is 0.0424 e. The number of benzene rings is 4. The van der Waals surface area contributed by atoms with Gasteiger partial charge >= 0.3 is 0 Å². The lowest BCUT2D eigenvalue weighted by atomic mass is 10.1. The molecular formula is C24H22N2. The van der Waals surface area contributed by atoms with E-state index in [2.05, 4.69) is 95.6 Å². The van der Waals surface area contributed by atoms with Crippen molar-refractivity contribution in [1.82, 2.24) is 0 Å². The van der Waals surface area contributed by atoms with Gasteiger partial charge in [-0.2, -0.15) is 0 Å². The lowest BCUT2D eigenvalue weighted by molar-refractivity contribution is 1.15. The van der Waals surface area contributed by atoms with Crippen molar-refractivity contribution < 1.29 is 0 Å². The van der Waals surface area contributed by atoms with Crippen molar-refractivity contribution >= 4 is 22.1 Å². The molecule has 0 radical (unpaired) electrons. The number of rotatable bonds is 6. The van der Waals surface area contributed by atoms with E-state index in [0.29, 0.717) is 0 Å². The normalized spacial score (nSPS) is 10.6. The predicted molar refractivity (Wildman–Crippen MR) is 111 cm³/mol. The fourth-order valence-electron chi connectivity index (χ4n) is 3.19. The van der Waals surface area contributed by atoms with Crippen molar-refractivity contribution in [3.63, 3.8) is 0 Å². The summed E-state index contributed by atoms with van der Waals surface area (Å²) in [6, 6.07) is 33.8. The molecule has 2 N–H and O–H groups in total. The van der Waals surface area contributed by atoms with Crippen molar-refractivity contribution in [2.45, 2.75) is 13.1 Å². The molecule has 0 aliphatic carbocycles. The van der Waals surface area contributed by atoms with E-state index < -0.39 is 0 Å². The van der Waals surface area contributed by atoms with Gasteiger partial charge in [-0.15, -0.1) is 0 Å². The van der Waals surface area contributed by atoms with Crippen LogP contribution in [0.5, 0.6) is 0 Å². The molecule has 0 fully saturated rings. The molecule has 4 aromatic rings. The molecule has 0 saturated heterocycles. The van der Waals surface area contributed by atoms with Gasteiger partial charge in [-0.25, -0.2) is 0 Å². The molecule has 2 nitrogen and oxygen atoms in total. The summed E-state index contributed by atoms with van der Waals surface area (Å²) in [4.78, 5) is 0. The van der Waals surface area contributed by atoms with Gasteiger partial charge in [0.1, 0.15) is 0 Å². The zero-order chi connectivity index (χ0) is 17.6. The summed E-state index contributed by atoms with van der Waals surface area (Å²) in [6.07, 6.45) is 0. The van der Waals surface area contributed by atoms with Gasteiger partial charge < -0.3 is 10.6 Å². The van der Waals surface area contributed by atoms with E-state index in [1.807, 2.05) is 12.1 Å². The molecule has 128 valence electrons. The second-order valence-corrected chi connectivity index (χ2v) is 6.38. The summed E-state index contributed by atoms with van der Waals surface area (Å²) in [6.45, 7) is 1.64. The fourth-order valence-corrected chi connectivity index (χ4v) is 3.19. The highest BCUT2D eigenvalue weighted by Crippen LogP contribution is 2.30. The molecule has 0 bridgehead atoms. The van der Waals surface area contributed by atoms with Crippen LogP contribution in [-0.2, 0) is 13.1 Å². The van der Waals surface area contributed by atoms with Gasteiger partial charge in [-0.3, -0.25) is 0 Å². The molecule has 0 saturated carbocycles. The van der Waals surface area contributed by atoms with Gasteiger partial charge in [0.05, 0.1) is 0 Å². The molecule has 0 aliphatic heterocycles. The van der Waals surface area contributed by atoms with Gasteiger partial charge in [-0.05, 0) is 23.3 Å². The van der Waals surface area contributed by atoms with Crippen molar-refractivity contribution in [2.24, 2.45) is 0 Å².